The van der Waals surface area contributed by atoms with Crippen LogP contribution in [0.4, 0.5) is 0 Å². The van der Waals surface area contributed by atoms with Gasteiger partial charge in [0.1, 0.15) is 0 Å². The van der Waals surface area contributed by atoms with Crippen LogP contribution < -0.4 is 5.32 Å². The molecule has 0 aliphatic rings. The molecule has 1 rings (SSSR count). The Bertz CT molecular complexity index is 263. The van der Waals surface area contributed by atoms with E-state index in [-0.39, 0.29) is 0 Å². The van der Waals surface area contributed by atoms with Crippen LogP contribution in [0.25, 0.3) is 0 Å². The molecule has 1 aromatic heterocycles. The van der Waals surface area contributed by atoms with Gasteiger partial charge in [-0.05, 0) is 32.2 Å². The topological polar surface area (TPSA) is 45.2 Å². The smallest absolute Gasteiger partial charge is 0.0925 e. The molecule has 15 heavy (non-hydrogen) atoms. The number of rotatable bonds is 8. The van der Waals surface area contributed by atoms with E-state index in [4.69, 9.17) is 5.11 Å². The van der Waals surface area contributed by atoms with Crippen LogP contribution in [-0.4, -0.2) is 23.2 Å². The number of hydrogen-bond acceptors (Lipinski definition) is 4. The lowest BCUT2D eigenvalue weighted by Gasteiger charge is -2.01. The van der Waals surface area contributed by atoms with E-state index in [1.165, 1.54) is 9.88 Å². The number of aliphatic hydroxyl groups excluding tert-OH is 1. The highest BCUT2D eigenvalue weighted by Crippen LogP contribution is 2.12. The molecule has 86 valence electrons. The first-order valence-corrected chi connectivity index (χ1v) is 6.43. The van der Waals surface area contributed by atoms with Crippen LogP contribution in [0, 0.1) is 0 Å². The monoisotopic (exact) mass is 228 g/mol. The molecule has 3 nitrogen and oxygen atoms in total. The zero-order chi connectivity index (χ0) is 10.9. The van der Waals surface area contributed by atoms with Crippen LogP contribution in [0.1, 0.15) is 36.1 Å². The summed E-state index contributed by atoms with van der Waals surface area (Å²) in [5, 5.41) is 13.2. The van der Waals surface area contributed by atoms with Crippen LogP contribution in [0.5, 0.6) is 0 Å². The minimum Gasteiger partial charge on any atom is -0.396 e. The van der Waals surface area contributed by atoms with Crippen molar-refractivity contribution in [1.82, 2.24) is 10.3 Å². The van der Waals surface area contributed by atoms with Crippen molar-refractivity contribution in [2.75, 3.05) is 13.2 Å². The van der Waals surface area contributed by atoms with Crippen molar-refractivity contribution in [3.05, 3.63) is 16.1 Å². The molecule has 0 radical (unpaired) electrons. The molecule has 0 spiro atoms. The van der Waals surface area contributed by atoms with E-state index in [9.17, 15) is 0 Å². The Hall–Kier alpha value is -0.450. The minimum atomic E-state index is 0.314. The zero-order valence-corrected chi connectivity index (χ0v) is 10.1. The van der Waals surface area contributed by atoms with E-state index in [1.54, 1.807) is 11.3 Å². The predicted octanol–water partition coefficient (Wildman–Crippen LogP) is 1.96. The Morgan fingerprint density at radius 1 is 1.40 bits per heavy atom. The summed E-state index contributed by atoms with van der Waals surface area (Å²) in [6.45, 7) is 4.40. The molecule has 0 bridgehead atoms. The number of aliphatic hydroxyl groups is 1. The summed E-state index contributed by atoms with van der Waals surface area (Å²) in [4.78, 5) is 5.62. The summed E-state index contributed by atoms with van der Waals surface area (Å²) in [6, 6.07) is 0. The maximum Gasteiger partial charge on any atom is 0.0925 e. The van der Waals surface area contributed by atoms with E-state index in [1.807, 2.05) is 6.20 Å². The third-order valence-electron chi connectivity index (χ3n) is 2.21. The van der Waals surface area contributed by atoms with E-state index < -0.39 is 0 Å². The number of thiazole rings is 1. The molecule has 1 aromatic rings. The molecule has 0 aliphatic heterocycles. The molecule has 0 amide bonds. The summed E-state index contributed by atoms with van der Waals surface area (Å²) in [7, 11) is 0. The van der Waals surface area contributed by atoms with Gasteiger partial charge in [0.05, 0.1) is 5.01 Å². The van der Waals surface area contributed by atoms with Crippen molar-refractivity contribution in [3.63, 3.8) is 0 Å². The summed E-state index contributed by atoms with van der Waals surface area (Å²) in [6.07, 6.45) is 6.15. The normalized spacial score (nSPS) is 10.8. The minimum absolute atomic E-state index is 0.314. The Balaban J connectivity index is 2.04. The second kappa shape index (κ2) is 7.79. The van der Waals surface area contributed by atoms with Crippen molar-refractivity contribution in [2.45, 2.75) is 39.2 Å². The van der Waals surface area contributed by atoms with Gasteiger partial charge in [-0.15, -0.1) is 11.3 Å². The first-order chi connectivity index (χ1) is 7.36. The lowest BCUT2D eigenvalue weighted by atomic mass is 10.2. The Morgan fingerprint density at radius 3 is 2.93 bits per heavy atom. The van der Waals surface area contributed by atoms with E-state index in [0.717, 1.165) is 38.8 Å². The first-order valence-electron chi connectivity index (χ1n) is 5.62. The van der Waals surface area contributed by atoms with Crippen molar-refractivity contribution < 1.29 is 5.11 Å². The fraction of sp³-hybridized carbons (Fsp3) is 0.727. The number of hydrogen-bond donors (Lipinski definition) is 2. The lowest BCUT2D eigenvalue weighted by molar-refractivity contribution is 0.283. The Morgan fingerprint density at radius 2 is 2.27 bits per heavy atom. The van der Waals surface area contributed by atoms with Crippen molar-refractivity contribution in [2.24, 2.45) is 0 Å². The molecule has 0 saturated heterocycles. The van der Waals surface area contributed by atoms with Crippen molar-refractivity contribution in [1.29, 1.82) is 0 Å². The summed E-state index contributed by atoms with van der Waals surface area (Å²) in [5.74, 6) is 0. The third-order valence-corrected chi connectivity index (χ3v) is 3.36. The van der Waals surface area contributed by atoms with Gasteiger partial charge in [-0.25, -0.2) is 4.98 Å². The average molecular weight is 228 g/mol. The van der Waals surface area contributed by atoms with Crippen LogP contribution in [0.3, 0.4) is 0 Å². The predicted molar refractivity (Wildman–Crippen MR) is 64.1 cm³/mol. The Labute approximate surface area is 95.6 Å². The first kappa shape index (κ1) is 12.6. The Kier molecular flexibility index (Phi) is 6.55. The van der Waals surface area contributed by atoms with Gasteiger partial charge in [0.15, 0.2) is 0 Å². The fourth-order valence-electron chi connectivity index (χ4n) is 1.34. The lowest BCUT2D eigenvalue weighted by Crippen LogP contribution is -2.13. The number of aryl methyl sites for hydroxylation is 1. The SMILES string of the molecule is CCc1ncc(CNCCCCCO)s1. The highest BCUT2D eigenvalue weighted by molar-refractivity contribution is 7.11. The molecule has 1 heterocycles. The molecule has 4 heteroatoms. The summed E-state index contributed by atoms with van der Waals surface area (Å²) >= 11 is 1.79. The van der Waals surface area contributed by atoms with Crippen LogP contribution in [0.2, 0.25) is 0 Å². The standard InChI is InChI=1S/C11H20N2OS/c1-2-11-13-9-10(15-11)8-12-6-4-3-5-7-14/h9,12,14H,2-8H2,1H3. The summed E-state index contributed by atoms with van der Waals surface area (Å²) in [5.41, 5.74) is 0. The molecule has 0 atom stereocenters. The van der Waals surface area contributed by atoms with Gasteiger partial charge in [0.2, 0.25) is 0 Å². The highest BCUT2D eigenvalue weighted by atomic mass is 32.1. The molecular weight excluding hydrogens is 208 g/mol. The van der Waals surface area contributed by atoms with Gasteiger partial charge < -0.3 is 10.4 Å². The van der Waals surface area contributed by atoms with Crippen LogP contribution in [-0.2, 0) is 13.0 Å². The quantitative estimate of drug-likeness (QED) is 0.669. The second-order valence-electron chi connectivity index (χ2n) is 3.53. The van der Waals surface area contributed by atoms with E-state index in [2.05, 4.69) is 17.2 Å². The number of nitrogens with zero attached hydrogens (tertiary/aromatic N) is 1. The van der Waals surface area contributed by atoms with Crippen molar-refractivity contribution >= 4 is 11.3 Å². The fourth-order valence-corrected chi connectivity index (χ4v) is 2.18. The van der Waals surface area contributed by atoms with Gasteiger partial charge in [-0.2, -0.15) is 0 Å². The molecule has 0 unspecified atom stereocenters. The van der Waals surface area contributed by atoms with Gasteiger partial charge in [-0.1, -0.05) is 6.92 Å². The maximum absolute atomic E-state index is 8.60. The molecular formula is C11H20N2OS. The van der Waals surface area contributed by atoms with Crippen molar-refractivity contribution in [3.8, 4) is 0 Å². The third kappa shape index (κ3) is 5.25. The maximum atomic E-state index is 8.60. The molecule has 2 N–H and O–H groups in total. The molecule has 0 aromatic carbocycles. The molecule has 0 saturated carbocycles. The average Bonchev–Trinajstić information content (AvgIpc) is 2.71. The van der Waals surface area contributed by atoms with Crippen LogP contribution >= 0.6 is 11.3 Å². The second-order valence-corrected chi connectivity index (χ2v) is 4.73. The van der Waals surface area contributed by atoms with Gasteiger partial charge >= 0.3 is 0 Å². The van der Waals surface area contributed by atoms with Gasteiger partial charge in [0, 0.05) is 24.2 Å². The number of nitrogens with one attached hydrogen (secondary N) is 1. The van der Waals surface area contributed by atoms with Crippen LogP contribution in [0.15, 0.2) is 6.20 Å². The largest absolute Gasteiger partial charge is 0.396 e. The van der Waals surface area contributed by atoms with Gasteiger partial charge in [-0.3, -0.25) is 0 Å². The summed E-state index contributed by atoms with van der Waals surface area (Å²) < 4.78 is 0. The molecule has 0 fully saturated rings. The number of unbranched alkanes of at least 4 members (excludes halogenated alkanes) is 2. The molecule has 0 aliphatic carbocycles. The van der Waals surface area contributed by atoms with E-state index >= 15 is 0 Å². The number of aromatic nitrogens is 1. The van der Waals surface area contributed by atoms with E-state index in [0.29, 0.717) is 6.61 Å². The van der Waals surface area contributed by atoms with Gasteiger partial charge in [0.25, 0.3) is 0 Å². The zero-order valence-electron chi connectivity index (χ0n) is 9.33. The highest BCUT2D eigenvalue weighted by Gasteiger charge is 1.98.